The molecular formula is C17H13NO4. The van der Waals surface area contributed by atoms with Gasteiger partial charge in [-0.05, 0) is 36.4 Å². The van der Waals surface area contributed by atoms with Gasteiger partial charge in [0, 0.05) is 5.39 Å². The van der Waals surface area contributed by atoms with Gasteiger partial charge in [-0.3, -0.25) is 0 Å². The van der Waals surface area contributed by atoms with E-state index in [4.69, 9.17) is 9.47 Å². The fraction of sp³-hybridized carbons (Fsp3) is 0.0588. The van der Waals surface area contributed by atoms with Gasteiger partial charge in [0.15, 0.2) is 0 Å². The maximum absolute atomic E-state index is 11.4. The van der Waals surface area contributed by atoms with Crippen LogP contribution >= 0.6 is 0 Å². The van der Waals surface area contributed by atoms with Gasteiger partial charge in [0.05, 0.1) is 12.6 Å². The molecule has 0 unspecified atom stereocenters. The van der Waals surface area contributed by atoms with Gasteiger partial charge in [0.1, 0.15) is 17.1 Å². The van der Waals surface area contributed by atoms with Gasteiger partial charge in [-0.2, -0.15) is 0 Å². The quantitative estimate of drug-likeness (QED) is 0.794. The Morgan fingerprint density at radius 1 is 1.05 bits per heavy atom. The Hall–Kier alpha value is -3.08. The summed E-state index contributed by atoms with van der Waals surface area (Å²) in [6, 6.07) is 15.7. The average Bonchev–Trinajstić information content (AvgIpc) is 2.54. The predicted octanol–water partition coefficient (Wildman–Crippen LogP) is 3.73. The largest absolute Gasteiger partial charge is 0.497 e. The van der Waals surface area contributed by atoms with E-state index in [1.807, 2.05) is 24.3 Å². The highest BCUT2D eigenvalue weighted by atomic mass is 16.5. The molecule has 3 aromatic rings. The van der Waals surface area contributed by atoms with E-state index in [2.05, 4.69) is 4.98 Å². The lowest BCUT2D eigenvalue weighted by molar-refractivity contribution is 0.0693. The van der Waals surface area contributed by atoms with Crippen molar-refractivity contribution < 1.29 is 19.4 Å². The lowest BCUT2D eigenvalue weighted by Crippen LogP contribution is -2.02. The Morgan fingerprint density at radius 3 is 2.41 bits per heavy atom. The topological polar surface area (TPSA) is 68.7 Å². The monoisotopic (exact) mass is 295 g/mol. The van der Waals surface area contributed by atoms with Crippen LogP contribution in [0, 0.1) is 0 Å². The SMILES string of the molecule is COc1ccc(Oc2nc3ccccc3cc2C(=O)O)cc1. The lowest BCUT2D eigenvalue weighted by atomic mass is 10.1. The third kappa shape index (κ3) is 2.69. The molecule has 0 amide bonds. The molecule has 1 aromatic heterocycles. The van der Waals surface area contributed by atoms with Gasteiger partial charge in [-0.15, -0.1) is 0 Å². The zero-order chi connectivity index (χ0) is 15.5. The van der Waals surface area contributed by atoms with E-state index in [-0.39, 0.29) is 11.4 Å². The molecule has 1 heterocycles. The summed E-state index contributed by atoms with van der Waals surface area (Å²) in [7, 11) is 1.57. The number of aromatic carboxylic acids is 1. The number of fused-ring (bicyclic) bond motifs is 1. The Kier molecular flexibility index (Phi) is 3.62. The molecule has 0 fully saturated rings. The molecule has 0 radical (unpaired) electrons. The molecule has 2 aromatic carbocycles. The summed E-state index contributed by atoms with van der Waals surface area (Å²) in [5.41, 5.74) is 0.700. The average molecular weight is 295 g/mol. The molecule has 5 nitrogen and oxygen atoms in total. The second-order valence-electron chi connectivity index (χ2n) is 4.62. The highest BCUT2D eigenvalue weighted by Gasteiger charge is 2.15. The zero-order valence-corrected chi connectivity index (χ0v) is 11.8. The minimum Gasteiger partial charge on any atom is -0.497 e. The van der Waals surface area contributed by atoms with E-state index in [0.717, 1.165) is 5.39 Å². The number of methoxy groups -OCH3 is 1. The Morgan fingerprint density at radius 2 is 1.73 bits per heavy atom. The number of hydrogen-bond donors (Lipinski definition) is 1. The maximum Gasteiger partial charge on any atom is 0.341 e. The van der Waals surface area contributed by atoms with E-state index in [0.29, 0.717) is 17.0 Å². The van der Waals surface area contributed by atoms with Crippen LogP contribution in [0.1, 0.15) is 10.4 Å². The third-order valence-electron chi connectivity index (χ3n) is 3.19. The van der Waals surface area contributed by atoms with E-state index in [1.54, 1.807) is 37.4 Å². The van der Waals surface area contributed by atoms with Crippen molar-refractivity contribution in [2.75, 3.05) is 7.11 Å². The van der Waals surface area contributed by atoms with Gasteiger partial charge >= 0.3 is 5.97 Å². The van der Waals surface area contributed by atoms with Gasteiger partial charge in [0.2, 0.25) is 5.88 Å². The zero-order valence-electron chi connectivity index (χ0n) is 11.8. The standard InChI is InChI=1S/C17H13NO4/c1-21-12-6-8-13(9-7-12)22-16-14(17(19)20)10-11-4-2-3-5-15(11)18-16/h2-10H,1H3,(H,19,20). The minimum absolute atomic E-state index is 0.0227. The Labute approximate surface area is 126 Å². The normalized spacial score (nSPS) is 10.4. The van der Waals surface area contributed by atoms with Crippen LogP contribution in [0.4, 0.5) is 0 Å². The van der Waals surface area contributed by atoms with Crippen molar-refractivity contribution >= 4 is 16.9 Å². The van der Waals surface area contributed by atoms with Crippen LogP contribution in [0.3, 0.4) is 0 Å². The smallest absolute Gasteiger partial charge is 0.341 e. The van der Waals surface area contributed by atoms with Gasteiger partial charge in [-0.1, -0.05) is 18.2 Å². The van der Waals surface area contributed by atoms with Crippen LogP contribution in [-0.2, 0) is 0 Å². The molecule has 0 atom stereocenters. The Bertz CT molecular complexity index is 828. The molecule has 0 saturated carbocycles. The van der Waals surface area contributed by atoms with E-state index in [9.17, 15) is 9.90 Å². The third-order valence-corrected chi connectivity index (χ3v) is 3.19. The van der Waals surface area contributed by atoms with Gasteiger partial charge < -0.3 is 14.6 Å². The molecule has 0 saturated heterocycles. The highest BCUT2D eigenvalue weighted by Crippen LogP contribution is 2.28. The summed E-state index contributed by atoms with van der Waals surface area (Å²) in [4.78, 5) is 15.7. The Balaban J connectivity index is 2.03. The van der Waals surface area contributed by atoms with Crippen LogP contribution in [0.25, 0.3) is 10.9 Å². The number of carboxylic acids is 1. The molecule has 0 aliphatic carbocycles. The van der Waals surface area contributed by atoms with Crippen molar-refractivity contribution in [2.45, 2.75) is 0 Å². The number of carbonyl (C=O) groups is 1. The van der Waals surface area contributed by atoms with Crippen molar-refractivity contribution in [3.05, 3.63) is 60.2 Å². The van der Waals surface area contributed by atoms with Crippen LogP contribution in [0.15, 0.2) is 54.6 Å². The molecule has 5 heteroatoms. The maximum atomic E-state index is 11.4. The van der Waals surface area contributed by atoms with Crippen molar-refractivity contribution in [2.24, 2.45) is 0 Å². The minimum atomic E-state index is -1.08. The second-order valence-corrected chi connectivity index (χ2v) is 4.62. The molecule has 3 rings (SSSR count). The molecule has 110 valence electrons. The number of hydrogen-bond acceptors (Lipinski definition) is 4. The van der Waals surface area contributed by atoms with Crippen molar-refractivity contribution in [3.63, 3.8) is 0 Å². The number of pyridine rings is 1. The van der Waals surface area contributed by atoms with Gasteiger partial charge in [0.25, 0.3) is 0 Å². The molecule has 0 spiro atoms. The number of para-hydroxylation sites is 1. The molecule has 22 heavy (non-hydrogen) atoms. The van der Waals surface area contributed by atoms with Gasteiger partial charge in [-0.25, -0.2) is 9.78 Å². The summed E-state index contributed by atoms with van der Waals surface area (Å²) in [5.74, 6) is 0.168. The molecule has 0 bridgehead atoms. The number of nitrogens with zero attached hydrogens (tertiary/aromatic N) is 1. The number of rotatable bonds is 4. The fourth-order valence-corrected chi connectivity index (χ4v) is 2.08. The summed E-state index contributed by atoms with van der Waals surface area (Å²) < 4.78 is 10.7. The number of carboxylic acid groups (broad SMARTS) is 1. The number of benzene rings is 2. The lowest BCUT2D eigenvalue weighted by Gasteiger charge is -2.09. The molecular weight excluding hydrogens is 282 g/mol. The summed E-state index contributed by atoms with van der Waals surface area (Å²) >= 11 is 0. The summed E-state index contributed by atoms with van der Waals surface area (Å²) in [6.07, 6.45) is 0. The van der Waals surface area contributed by atoms with Crippen LogP contribution in [-0.4, -0.2) is 23.2 Å². The molecule has 0 aliphatic rings. The first-order valence-electron chi connectivity index (χ1n) is 6.62. The first-order chi connectivity index (χ1) is 10.7. The second kappa shape index (κ2) is 5.73. The van der Waals surface area contributed by atoms with Crippen LogP contribution in [0.5, 0.6) is 17.4 Å². The molecule has 1 N–H and O–H groups in total. The number of aromatic nitrogens is 1. The van der Waals surface area contributed by atoms with E-state index >= 15 is 0 Å². The fourth-order valence-electron chi connectivity index (χ4n) is 2.08. The summed E-state index contributed by atoms with van der Waals surface area (Å²) in [5, 5.41) is 10.1. The molecule has 0 aliphatic heterocycles. The predicted molar refractivity (Wildman–Crippen MR) is 81.8 cm³/mol. The first-order valence-corrected chi connectivity index (χ1v) is 6.62. The first kappa shape index (κ1) is 13.9. The van der Waals surface area contributed by atoms with E-state index < -0.39 is 5.97 Å². The van der Waals surface area contributed by atoms with Crippen LogP contribution < -0.4 is 9.47 Å². The van der Waals surface area contributed by atoms with Crippen LogP contribution in [0.2, 0.25) is 0 Å². The highest BCUT2D eigenvalue weighted by molar-refractivity contribution is 5.95. The van der Waals surface area contributed by atoms with Crippen molar-refractivity contribution in [1.29, 1.82) is 0 Å². The summed E-state index contributed by atoms with van der Waals surface area (Å²) in [6.45, 7) is 0. The van der Waals surface area contributed by atoms with Crippen molar-refractivity contribution in [3.8, 4) is 17.4 Å². The number of ether oxygens (including phenoxy) is 2. The van der Waals surface area contributed by atoms with Crippen molar-refractivity contribution in [1.82, 2.24) is 4.98 Å². The van der Waals surface area contributed by atoms with E-state index in [1.165, 1.54) is 0 Å².